The van der Waals surface area contributed by atoms with Crippen molar-refractivity contribution in [2.24, 2.45) is 0 Å². The minimum Gasteiger partial charge on any atom is -0.456 e. The van der Waals surface area contributed by atoms with Gasteiger partial charge in [0, 0.05) is 48.1 Å². The molecule has 0 amide bonds. The lowest BCUT2D eigenvalue weighted by atomic mass is 9.97. The average Bonchev–Trinajstić information content (AvgIpc) is 4.11. The molecule has 0 radical (unpaired) electrons. The van der Waals surface area contributed by atoms with Crippen molar-refractivity contribution < 1.29 is 4.42 Å². The van der Waals surface area contributed by atoms with Crippen LogP contribution in [0.2, 0.25) is 0 Å². The molecular formula is C59H35N3OS. The first-order valence-electron chi connectivity index (χ1n) is 21.7. The third-order valence-corrected chi connectivity index (χ3v) is 14.3. The van der Waals surface area contributed by atoms with Gasteiger partial charge in [0.05, 0.1) is 32.3 Å². The zero-order valence-electron chi connectivity index (χ0n) is 34.4. The highest BCUT2D eigenvalue weighted by Gasteiger charge is 2.20. The molecule has 0 atom stereocenters. The maximum Gasteiger partial charge on any atom is 0.138 e. The molecule has 5 heterocycles. The molecule has 298 valence electrons. The Bertz CT molecular complexity index is 4200. The highest BCUT2D eigenvalue weighted by atomic mass is 32.1. The number of benzene rings is 9. The number of para-hydroxylation sites is 4. The SMILES string of the molecule is c1ccc(-n2c3ccccc3c3ccc(-c4cccc5c4c4ccccc4n5-c4ccc5sc6ccc(-c7cccc(-c8ccc9oc%10ccccc%10c9c8)c7)cc6c5n4)cc32)cc1. The summed E-state index contributed by atoms with van der Waals surface area (Å²) in [5.41, 5.74) is 15.7. The highest BCUT2D eigenvalue weighted by Crippen LogP contribution is 2.43. The van der Waals surface area contributed by atoms with Crippen LogP contribution in [0.5, 0.6) is 0 Å². The van der Waals surface area contributed by atoms with E-state index in [2.05, 4.69) is 209 Å². The third kappa shape index (κ3) is 5.25. The molecule has 0 N–H and O–H groups in total. The predicted octanol–water partition coefficient (Wildman–Crippen LogP) is 16.5. The lowest BCUT2D eigenvalue weighted by molar-refractivity contribution is 0.669. The van der Waals surface area contributed by atoms with Crippen LogP contribution in [0.1, 0.15) is 0 Å². The second kappa shape index (κ2) is 13.6. The van der Waals surface area contributed by atoms with Gasteiger partial charge in [-0.05, 0) is 118 Å². The topological polar surface area (TPSA) is 35.9 Å². The molecule has 4 nitrogen and oxygen atoms in total. The lowest BCUT2D eigenvalue weighted by Crippen LogP contribution is -1.97. The predicted molar refractivity (Wildman–Crippen MR) is 269 cm³/mol. The van der Waals surface area contributed by atoms with Gasteiger partial charge in [0.15, 0.2) is 0 Å². The summed E-state index contributed by atoms with van der Waals surface area (Å²) < 4.78 is 13.3. The van der Waals surface area contributed by atoms with E-state index in [0.29, 0.717) is 0 Å². The zero-order valence-corrected chi connectivity index (χ0v) is 35.2. The Morgan fingerprint density at radius 3 is 1.84 bits per heavy atom. The van der Waals surface area contributed by atoms with Gasteiger partial charge in [0.25, 0.3) is 0 Å². The van der Waals surface area contributed by atoms with Gasteiger partial charge in [-0.15, -0.1) is 11.3 Å². The molecule has 0 bridgehead atoms. The zero-order chi connectivity index (χ0) is 41.9. The number of pyridine rings is 1. The van der Waals surface area contributed by atoms with Gasteiger partial charge < -0.3 is 8.98 Å². The van der Waals surface area contributed by atoms with Crippen LogP contribution in [0, 0.1) is 0 Å². The molecule has 0 aliphatic carbocycles. The van der Waals surface area contributed by atoms with Gasteiger partial charge in [-0.2, -0.15) is 0 Å². The van der Waals surface area contributed by atoms with Crippen LogP contribution >= 0.6 is 11.3 Å². The molecule has 0 fully saturated rings. The molecule has 64 heavy (non-hydrogen) atoms. The molecule has 14 aromatic rings. The summed E-state index contributed by atoms with van der Waals surface area (Å²) in [5, 5.41) is 8.36. The van der Waals surface area contributed by atoms with Crippen LogP contribution < -0.4 is 0 Å². The van der Waals surface area contributed by atoms with E-state index in [-0.39, 0.29) is 0 Å². The van der Waals surface area contributed by atoms with Crippen LogP contribution in [0.15, 0.2) is 217 Å². The standard InChI is InChI=1S/C59H35N3OS/c1-2-14-41(15-3-1)61-49-20-7-4-16-43(49)44-27-24-40(35-52(44)61)42-19-11-22-51-58(42)46-18-5-8-21-50(46)62(51)57-31-30-56-59(60-57)48-34-39(26-29-55(48)64-56)37-13-10-12-36(32-37)38-25-28-54-47(33-38)45-17-6-9-23-53(45)63-54/h1-35H. The second-order valence-corrected chi connectivity index (χ2v) is 17.8. The van der Waals surface area contributed by atoms with Crippen molar-refractivity contribution >= 4 is 97.2 Å². The summed E-state index contributed by atoms with van der Waals surface area (Å²) >= 11 is 1.80. The monoisotopic (exact) mass is 833 g/mol. The summed E-state index contributed by atoms with van der Waals surface area (Å²) in [6, 6.07) is 76.7. The van der Waals surface area contributed by atoms with Gasteiger partial charge in [-0.25, -0.2) is 4.98 Å². The van der Waals surface area contributed by atoms with Crippen LogP contribution in [0.25, 0.3) is 131 Å². The number of rotatable bonds is 5. The third-order valence-electron chi connectivity index (χ3n) is 13.1. The van der Waals surface area contributed by atoms with Crippen molar-refractivity contribution in [2.45, 2.75) is 0 Å². The largest absolute Gasteiger partial charge is 0.456 e. The first kappa shape index (κ1) is 35.4. The molecule has 0 spiro atoms. The first-order chi connectivity index (χ1) is 31.7. The Morgan fingerprint density at radius 1 is 0.359 bits per heavy atom. The van der Waals surface area contributed by atoms with Crippen molar-refractivity contribution in [3.05, 3.63) is 212 Å². The van der Waals surface area contributed by atoms with E-state index in [4.69, 9.17) is 9.40 Å². The van der Waals surface area contributed by atoms with E-state index in [1.165, 1.54) is 80.7 Å². The van der Waals surface area contributed by atoms with Gasteiger partial charge >= 0.3 is 0 Å². The number of thiophene rings is 1. The number of hydrogen-bond acceptors (Lipinski definition) is 3. The Hall–Kier alpha value is -8.25. The van der Waals surface area contributed by atoms with E-state index >= 15 is 0 Å². The molecule has 14 rings (SSSR count). The Balaban J connectivity index is 0.902. The fourth-order valence-electron chi connectivity index (χ4n) is 10.2. The smallest absolute Gasteiger partial charge is 0.138 e. The molecule has 9 aromatic carbocycles. The Kier molecular flexibility index (Phi) is 7.53. The van der Waals surface area contributed by atoms with Gasteiger partial charge in [-0.1, -0.05) is 127 Å². The van der Waals surface area contributed by atoms with Crippen LogP contribution in [0.4, 0.5) is 0 Å². The van der Waals surface area contributed by atoms with Crippen LogP contribution in [-0.4, -0.2) is 14.1 Å². The summed E-state index contributed by atoms with van der Waals surface area (Å²) in [7, 11) is 0. The molecule has 0 saturated carbocycles. The summed E-state index contributed by atoms with van der Waals surface area (Å²) in [6.07, 6.45) is 0. The molecule has 5 heteroatoms. The number of aromatic nitrogens is 3. The van der Waals surface area contributed by atoms with Crippen molar-refractivity contribution in [1.82, 2.24) is 14.1 Å². The second-order valence-electron chi connectivity index (χ2n) is 16.7. The average molecular weight is 834 g/mol. The molecule has 0 unspecified atom stereocenters. The quantitative estimate of drug-likeness (QED) is 0.173. The maximum absolute atomic E-state index is 6.13. The highest BCUT2D eigenvalue weighted by molar-refractivity contribution is 7.25. The first-order valence-corrected chi connectivity index (χ1v) is 22.5. The van der Waals surface area contributed by atoms with E-state index in [1.807, 2.05) is 12.1 Å². The summed E-state index contributed by atoms with van der Waals surface area (Å²) in [4.78, 5) is 5.53. The number of fused-ring (bicyclic) bond motifs is 12. The van der Waals surface area contributed by atoms with E-state index in [9.17, 15) is 0 Å². The molecule has 0 aliphatic rings. The van der Waals surface area contributed by atoms with E-state index in [0.717, 1.165) is 50.0 Å². The molecular weight excluding hydrogens is 799 g/mol. The van der Waals surface area contributed by atoms with Crippen molar-refractivity contribution in [1.29, 1.82) is 0 Å². The minimum absolute atomic E-state index is 0.907. The van der Waals surface area contributed by atoms with Crippen molar-refractivity contribution in [2.75, 3.05) is 0 Å². The number of hydrogen-bond donors (Lipinski definition) is 0. The van der Waals surface area contributed by atoms with E-state index < -0.39 is 0 Å². The van der Waals surface area contributed by atoms with Crippen LogP contribution in [-0.2, 0) is 0 Å². The normalized spacial score (nSPS) is 12.1. The number of nitrogens with zero attached hydrogens (tertiary/aromatic N) is 3. The van der Waals surface area contributed by atoms with Crippen LogP contribution in [0.3, 0.4) is 0 Å². The summed E-state index contributed by atoms with van der Waals surface area (Å²) in [5.74, 6) is 0.907. The van der Waals surface area contributed by atoms with Gasteiger partial charge in [-0.3, -0.25) is 4.57 Å². The van der Waals surface area contributed by atoms with Gasteiger partial charge in [0.1, 0.15) is 17.0 Å². The molecule has 0 aliphatic heterocycles. The fraction of sp³-hybridized carbons (Fsp3) is 0. The van der Waals surface area contributed by atoms with E-state index in [1.54, 1.807) is 11.3 Å². The minimum atomic E-state index is 0.907. The Morgan fingerprint density at radius 2 is 0.984 bits per heavy atom. The fourth-order valence-corrected chi connectivity index (χ4v) is 11.2. The number of furan rings is 1. The summed E-state index contributed by atoms with van der Waals surface area (Å²) in [6.45, 7) is 0. The van der Waals surface area contributed by atoms with Crippen molar-refractivity contribution in [3.8, 4) is 44.9 Å². The lowest BCUT2D eigenvalue weighted by Gasteiger charge is -2.10. The van der Waals surface area contributed by atoms with Gasteiger partial charge in [0.2, 0.25) is 0 Å². The maximum atomic E-state index is 6.13. The molecule has 5 aromatic heterocycles. The van der Waals surface area contributed by atoms with Crippen molar-refractivity contribution in [3.63, 3.8) is 0 Å². The Labute approximate surface area is 371 Å². The molecule has 0 saturated heterocycles.